The van der Waals surface area contributed by atoms with E-state index in [4.69, 9.17) is 4.74 Å². The minimum Gasteiger partial charge on any atom is -0.495 e. The van der Waals surface area contributed by atoms with Crippen LogP contribution in [0.1, 0.15) is 12.5 Å². The van der Waals surface area contributed by atoms with Gasteiger partial charge >= 0.3 is 0 Å². The van der Waals surface area contributed by atoms with Gasteiger partial charge in [0.15, 0.2) is 5.60 Å². The summed E-state index contributed by atoms with van der Waals surface area (Å²) in [6.45, 7) is 5.08. The zero-order valence-electron chi connectivity index (χ0n) is 9.70. The summed E-state index contributed by atoms with van der Waals surface area (Å²) < 4.78 is 5.14. The fourth-order valence-corrected chi connectivity index (χ4v) is 1.96. The standard InChI is InChI=1S/C13H13NO3/c1-4-8(2)13(16)9-6-5-7-10(17-3)11(9)14-12(13)15/h5-7,16H,1H2,2-3H3,(H,14,15). The maximum atomic E-state index is 11.9. The van der Waals surface area contributed by atoms with Crippen LogP contribution in [0.2, 0.25) is 0 Å². The molecule has 0 radical (unpaired) electrons. The number of methoxy groups -OCH3 is 1. The Morgan fingerprint density at radius 2 is 2.29 bits per heavy atom. The average Bonchev–Trinajstić information content (AvgIpc) is 2.62. The second-order valence-electron chi connectivity index (χ2n) is 3.85. The maximum absolute atomic E-state index is 11.9. The van der Waals surface area contributed by atoms with Gasteiger partial charge in [-0.1, -0.05) is 18.7 Å². The lowest BCUT2D eigenvalue weighted by Crippen LogP contribution is -2.35. The minimum atomic E-state index is -1.70. The molecule has 0 saturated carbocycles. The molecule has 0 bridgehead atoms. The van der Waals surface area contributed by atoms with E-state index < -0.39 is 11.5 Å². The molecule has 1 heterocycles. The summed E-state index contributed by atoms with van der Waals surface area (Å²) in [5.41, 5.74) is 2.20. The normalized spacial score (nSPS) is 21.5. The fourth-order valence-electron chi connectivity index (χ4n) is 1.96. The second-order valence-corrected chi connectivity index (χ2v) is 3.85. The van der Waals surface area contributed by atoms with E-state index in [1.165, 1.54) is 7.11 Å². The quantitative estimate of drug-likeness (QED) is 0.759. The van der Waals surface area contributed by atoms with Crippen LogP contribution in [0, 0.1) is 0 Å². The molecule has 1 aromatic rings. The molecule has 0 aromatic heterocycles. The van der Waals surface area contributed by atoms with Crippen molar-refractivity contribution in [2.75, 3.05) is 12.4 Å². The molecule has 2 rings (SSSR count). The van der Waals surface area contributed by atoms with Crippen molar-refractivity contribution in [2.24, 2.45) is 0 Å². The van der Waals surface area contributed by atoms with Crippen molar-refractivity contribution in [1.29, 1.82) is 0 Å². The summed E-state index contributed by atoms with van der Waals surface area (Å²) in [6.07, 6.45) is 0. The van der Waals surface area contributed by atoms with Gasteiger partial charge in [-0.05, 0) is 13.0 Å². The molecule has 2 N–H and O–H groups in total. The molecule has 88 valence electrons. The highest BCUT2D eigenvalue weighted by Crippen LogP contribution is 2.44. The number of nitrogens with one attached hydrogen (secondary N) is 1. The average molecular weight is 231 g/mol. The molecule has 1 amide bonds. The predicted octanol–water partition coefficient (Wildman–Crippen LogP) is 1.57. The lowest BCUT2D eigenvalue weighted by atomic mass is 9.88. The van der Waals surface area contributed by atoms with E-state index in [9.17, 15) is 9.90 Å². The van der Waals surface area contributed by atoms with E-state index in [0.717, 1.165) is 0 Å². The van der Waals surface area contributed by atoms with Crippen molar-refractivity contribution in [3.8, 4) is 5.75 Å². The molecule has 1 atom stereocenters. The first kappa shape index (κ1) is 11.5. The molecule has 1 aliphatic heterocycles. The zero-order valence-corrected chi connectivity index (χ0v) is 9.70. The highest BCUT2D eigenvalue weighted by molar-refractivity contribution is 6.08. The lowest BCUT2D eigenvalue weighted by molar-refractivity contribution is -0.130. The molecule has 0 aliphatic carbocycles. The molecule has 1 unspecified atom stereocenters. The Balaban J connectivity index is 2.71. The van der Waals surface area contributed by atoms with E-state index in [1.807, 2.05) is 0 Å². The van der Waals surface area contributed by atoms with Gasteiger partial charge in [-0.15, -0.1) is 5.73 Å². The van der Waals surface area contributed by atoms with Gasteiger partial charge in [-0.3, -0.25) is 4.79 Å². The molecule has 0 saturated heterocycles. The van der Waals surface area contributed by atoms with E-state index >= 15 is 0 Å². The third-order valence-corrected chi connectivity index (χ3v) is 3.01. The maximum Gasteiger partial charge on any atom is 0.266 e. The van der Waals surface area contributed by atoms with Gasteiger partial charge in [0.25, 0.3) is 5.91 Å². The van der Waals surface area contributed by atoms with E-state index in [-0.39, 0.29) is 0 Å². The molecule has 0 fully saturated rings. The highest BCUT2D eigenvalue weighted by Gasteiger charge is 2.47. The summed E-state index contributed by atoms with van der Waals surface area (Å²) in [7, 11) is 1.51. The van der Waals surface area contributed by atoms with Crippen LogP contribution in [0.15, 0.2) is 36.1 Å². The molecular weight excluding hydrogens is 218 g/mol. The fraction of sp³-hybridized carbons (Fsp3) is 0.231. The van der Waals surface area contributed by atoms with E-state index in [1.54, 1.807) is 25.1 Å². The summed E-state index contributed by atoms with van der Waals surface area (Å²) in [6, 6.07) is 5.12. The number of fused-ring (bicyclic) bond motifs is 1. The Bertz CT molecular complexity index is 544. The van der Waals surface area contributed by atoms with Crippen molar-refractivity contribution < 1.29 is 14.6 Å². The lowest BCUT2D eigenvalue weighted by Gasteiger charge is -2.20. The molecule has 1 aliphatic rings. The van der Waals surface area contributed by atoms with Crippen LogP contribution >= 0.6 is 0 Å². The Kier molecular flexibility index (Phi) is 2.54. The number of rotatable bonds is 2. The predicted molar refractivity (Wildman–Crippen MR) is 63.8 cm³/mol. The number of carbonyl (C=O) groups is 1. The molecule has 17 heavy (non-hydrogen) atoms. The Morgan fingerprint density at radius 1 is 1.59 bits per heavy atom. The molecule has 4 nitrogen and oxygen atoms in total. The van der Waals surface area contributed by atoms with Gasteiger partial charge in [0.05, 0.1) is 12.8 Å². The SMILES string of the molecule is C=C=C(C)C1(O)C(=O)Nc2c(OC)cccc21. The molecular formula is C13H13NO3. The number of anilines is 1. The summed E-state index contributed by atoms with van der Waals surface area (Å²) in [5, 5.41) is 13.1. The smallest absolute Gasteiger partial charge is 0.266 e. The van der Waals surface area contributed by atoms with Gasteiger partial charge in [0.2, 0.25) is 0 Å². The van der Waals surface area contributed by atoms with Crippen molar-refractivity contribution >= 4 is 11.6 Å². The number of benzene rings is 1. The number of hydrogen-bond acceptors (Lipinski definition) is 3. The van der Waals surface area contributed by atoms with Gasteiger partial charge in [0.1, 0.15) is 5.75 Å². The van der Waals surface area contributed by atoms with Gasteiger partial charge in [-0.25, -0.2) is 0 Å². The number of hydrogen-bond donors (Lipinski definition) is 2. The van der Waals surface area contributed by atoms with Crippen LogP contribution in [0.25, 0.3) is 0 Å². The van der Waals surface area contributed by atoms with E-state index in [2.05, 4.69) is 17.6 Å². The van der Waals surface area contributed by atoms with Crippen LogP contribution in [-0.4, -0.2) is 18.1 Å². The Labute approximate surface area is 99.2 Å². The van der Waals surface area contributed by atoms with Crippen LogP contribution in [0.3, 0.4) is 0 Å². The third kappa shape index (κ3) is 1.39. The van der Waals surface area contributed by atoms with Crippen LogP contribution in [0.5, 0.6) is 5.75 Å². The number of para-hydroxylation sites is 1. The topological polar surface area (TPSA) is 58.6 Å². The first-order chi connectivity index (χ1) is 8.05. The van der Waals surface area contributed by atoms with Crippen molar-refractivity contribution in [2.45, 2.75) is 12.5 Å². The molecule has 0 spiro atoms. The van der Waals surface area contributed by atoms with E-state index in [0.29, 0.717) is 22.6 Å². The summed E-state index contributed by atoms with van der Waals surface area (Å²) in [5.74, 6) is 0.00860. The van der Waals surface area contributed by atoms with Crippen LogP contribution < -0.4 is 10.1 Å². The number of carbonyl (C=O) groups excluding carboxylic acids is 1. The highest BCUT2D eigenvalue weighted by atomic mass is 16.5. The second kappa shape index (κ2) is 3.77. The first-order valence-corrected chi connectivity index (χ1v) is 5.14. The number of amides is 1. The molecule has 1 aromatic carbocycles. The van der Waals surface area contributed by atoms with Gasteiger partial charge < -0.3 is 15.2 Å². The van der Waals surface area contributed by atoms with Crippen molar-refractivity contribution in [3.05, 3.63) is 41.6 Å². The van der Waals surface area contributed by atoms with Crippen LogP contribution in [-0.2, 0) is 10.4 Å². The van der Waals surface area contributed by atoms with Crippen molar-refractivity contribution in [1.82, 2.24) is 0 Å². The zero-order chi connectivity index (χ0) is 12.6. The van der Waals surface area contributed by atoms with Crippen molar-refractivity contribution in [3.63, 3.8) is 0 Å². The molecule has 4 heteroatoms. The van der Waals surface area contributed by atoms with Gasteiger partial charge in [0, 0.05) is 11.1 Å². The van der Waals surface area contributed by atoms with Gasteiger partial charge in [-0.2, -0.15) is 0 Å². The minimum absolute atomic E-state index is 0.363. The third-order valence-electron chi connectivity index (χ3n) is 3.01. The first-order valence-electron chi connectivity index (χ1n) is 5.14. The summed E-state index contributed by atoms with van der Waals surface area (Å²) in [4.78, 5) is 11.9. The number of ether oxygens (including phenoxy) is 1. The number of aliphatic hydroxyl groups is 1. The summed E-state index contributed by atoms with van der Waals surface area (Å²) >= 11 is 0. The van der Waals surface area contributed by atoms with Crippen LogP contribution in [0.4, 0.5) is 5.69 Å². The Hall–Kier alpha value is -2.03. The Morgan fingerprint density at radius 3 is 2.88 bits per heavy atom. The monoisotopic (exact) mass is 231 g/mol. The largest absolute Gasteiger partial charge is 0.495 e.